The van der Waals surface area contributed by atoms with Gasteiger partial charge in [-0.3, -0.25) is 4.99 Å². The van der Waals surface area contributed by atoms with Gasteiger partial charge in [0.15, 0.2) is 0 Å². The first-order chi connectivity index (χ1) is 6.57. The van der Waals surface area contributed by atoms with E-state index in [1.165, 1.54) is 0 Å². The van der Waals surface area contributed by atoms with E-state index in [-0.39, 0.29) is 0 Å². The van der Waals surface area contributed by atoms with Crippen LogP contribution in [0.15, 0.2) is 4.99 Å². The van der Waals surface area contributed by atoms with E-state index in [0.29, 0.717) is 17.9 Å². The molecule has 0 aliphatic rings. The lowest BCUT2D eigenvalue weighted by molar-refractivity contribution is 0.483. The van der Waals surface area contributed by atoms with Crippen molar-refractivity contribution >= 4 is 28.2 Å². The SMILES string of the molecule is [B][B][B]CCC(N=CC(C)C)C(C)C. The van der Waals surface area contributed by atoms with Gasteiger partial charge in [-0.25, -0.2) is 0 Å². The molecule has 0 saturated heterocycles. The molecule has 4 radical (unpaired) electrons. The van der Waals surface area contributed by atoms with Crippen LogP contribution in [-0.2, 0) is 0 Å². The molecule has 4 heteroatoms. The summed E-state index contributed by atoms with van der Waals surface area (Å²) in [7, 11) is 8.91. The molecule has 0 aromatic rings. The molecule has 0 heterocycles. The van der Waals surface area contributed by atoms with Crippen molar-refractivity contribution < 1.29 is 0 Å². The molecule has 0 bridgehead atoms. The Hall–Kier alpha value is -0.135. The van der Waals surface area contributed by atoms with Crippen LogP contribution in [0.25, 0.3) is 0 Å². The average molecular weight is 187 g/mol. The van der Waals surface area contributed by atoms with Gasteiger partial charge in [-0.05, 0) is 18.3 Å². The Bertz CT molecular complexity index is 157. The minimum atomic E-state index is 0.439. The summed E-state index contributed by atoms with van der Waals surface area (Å²) in [6.45, 7) is 8.74. The molecule has 0 spiro atoms. The molecule has 1 nitrogen and oxygen atoms in total. The molecule has 74 valence electrons. The van der Waals surface area contributed by atoms with Crippen LogP contribution in [0.3, 0.4) is 0 Å². The Morgan fingerprint density at radius 3 is 2.36 bits per heavy atom. The second-order valence-corrected chi connectivity index (χ2v) is 4.36. The number of hydrogen-bond acceptors (Lipinski definition) is 1. The van der Waals surface area contributed by atoms with Gasteiger partial charge in [0.1, 0.15) is 0 Å². The van der Waals surface area contributed by atoms with Crippen molar-refractivity contribution in [3.8, 4) is 0 Å². The first kappa shape index (κ1) is 13.9. The predicted octanol–water partition coefficient (Wildman–Crippen LogP) is 1.95. The quantitative estimate of drug-likeness (QED) is 0.328. The van der Waals surface area contributed by atoms with E-state index in [4.69, 9.17) is 7.74 Å². The van der Waals surface area contributed by atoms with E-state index in [9.17, 15) is 0 Å². The minimum Gasteiger partial charge on any atom is -0.294 e. The van der Waals surface area contributed by atoms with E-state index < -0.39 is 0 Å². The van der Waals surface area contributed by atoms with Gasteiger partial charge in [-0.2, -0.15) is 0 Å². The molecule has 0 rings (SSSR count). The van der Waals surface area contributed by atoms with Crippen molar-refractivity contribution in [2.24, 2.45) is 16.8 Å². The van der Waals surface area contributed by atoms with Crippen molar-refractivity contribution in [1.29, 1.82) is 0 Å². The molecular weight excluding hydrogens is 167 g/mol. The van der Waals surface area contributed by atoms with Gasteiger partial charge in [-0.1, -0.05) is 34.0 Å². The lowest BCUT2D eigenvalue weighted by atomic mass is 9.27. The van der Waals surface area contributed by atoms with Gasteiger partial charge in [0.2, 0.25) is 0 Å². The summed E-state index contributed by atoms with van der Waals surface area (Å²) in [6.07, 6.45) is 4.17. The molecule has 14 heavy (non-hydrogen) atoms. The van der Waals surface area contributed by atoms with Crippen LogP contribution >= 0.6 is 0 Å². The summed E-state index contributed by atoms with van der Waals surface area (Å²) in [5, 5.41) is 0. The normalized spacial score (nSPS) is 13.9. The van der Waals surface area contributed by atoms with Crippen molar-refractivity contribution in [2.45, 2.75) is 46.5 Å². The zero-order valence-electron chi connectivity index (χ0n) is 9.90. The highest BCUT2D eigenvalue weighted by molar-refractivity contribution is 7.23. The highest BCUT2D eigenvalue weighted by atomic mass is 14.8. The van der Waals surface area contributed by atoms with Crippen LogP contribution in [0.2, 0.25) is 6.32 Å². The second kappa shape index (κ2) is 8.20. The standard InChI is InChI=1S/C10H20B3N/c1-8(2)7-14-10(9(3)4)5-6-12-13-11/h7-10H,5-6H2,1-4H3. The Labute approximate surface area is 92.0 Å². The Balaban J connectivity index is 3.90. The molecule has 1 unspecified atom stereocenters. The lowest BCUT2D eigenvalue weighted by Gasteiger charge is -2.16. The smallest absolute Gasteiger partial charge is 0.0545 e. The topological polar surface area (TPSA) is 12.4 Å². The third-order valence-corrected chi connectivity index (χ3v) is 2.11. The van der Waals surface area contributed by atoms with Gasteiger partial charge in [-0.15, -0.1) is 0 Å². The lowest BCUT2D eigenvalue weighted by Crippen LogP contribution is -2.16. The average Bonchev–Trinajstić information content (AvgIpc) is 2.10. The van der Waals surface area contributed by atoms with Gasteiger partial charge < -0.3 is 0 Å². The van der Waals surface area contributed by atoms with E-state index >= 15 is 0 Å². The number of nitrogens with zero attached hydrogens (tertiary/aromatic N) is 1. The highest BCUT2D eigenvalue weighted by Crippen LogP contribution is 2.12. The maximum atomic E-state index is 5.29. The van der Waals surface area contributed by atoms with Crippen LogP contribution in [0.1, 0.15) is 34.1 Å². The van der Waals surface area contributed by atoms with Gasteiger partial charge in [0.05, 0.1) is 13.2 Å². The monoisotopic (exact) mass is 187 g/mol. The zero-order valence-corrected chi connectivity index (χ0v) is 9.90. The predicted molar refractivity (Wildman–Crippen MR) is 68.6 cm³/mol. The molecule has 0 N–H and O–H groups in total. The van der Waals surface area contributed by atoms with Gasteiger partial charge in [0.25, 0.3) is 0 Å². The molecule has 0 aliphatic heterocycles. The molecule has 0 aliphatic carbocycles. The molecule has 0 aromatic carbocycles. The summed E-state index contributed by atoms with van der Waals surface area (Å²) in [4.78, 5) is 4.59. The van der Waals surface area contributed by atoms with Crippen molar-refractivity contribution in [2.75, 3.05) is 0 Å². The Morgan fingerprint density at radius 1 is 1.29 bits per heavy atom. The molecule has 0 aromatic heterocycles. The van der Waals surface area contributed by atoms with Crippen molar-refractivity contribution in [3.05, 3.63) is 0 Å². The summed E-state index contributed by atoms with van der Waals surface area (Å²) in [6, 6.07) is 0.439. The fourth-order valence-corrected chi connectivity index (χ4v) is 1.23. The highest BCUT2D eigenvalue weighted by Gasteiger charge is 2.10. The van der Waals surface area contributed by atoms with E-state index in [0.717, 1.165) is 12.7 Å². The first-order valence-corrected chi connectivity index (χ1v) is 5.48. The third kappa shape index (κ3) is 7.29. The molecule has 1 atom stereocenters. The zero-order chi connectivity index (χ0) is 11.0. The molecular formula is C10H20B3N. The van der Waals surface area contributed by atoms with Gasteiger partial charge >= 0.3 is 0 Å². The van der Waals surface area contributed by atoms with Crippen molar-refractivity contribution in [3.63, 3.8) is 0 Å². The largest absolute Gasteiger partial charge is 0.294 e. The number of rotatable bonds is 7. The number of hydrogen-bond donors (Lipinski definition) is 0. The fourth-order valence-electron chi connectivity index (χ4n) is 1.23. The van der Waals surface area contributed by atoms with Crippen LogP contribution < -0.4 is 0 Å². The Morgan fingerprint density at radius 2 is 1.93 bits per heavy atom. The van der Waals surface area contributed by atoms with Crippen LogP contribution in [-0.4, -0.2) is 34.2 Å². The van der Waals surface area contributed by atoms with Crippen LogP contribution in [0, 0.1) is 11.8 Å². The summed E-state index contributed by atoms with van der Waals surface area (Å²) in [5.74, 6) is 1.15. The Kier molecular flexibility index (Phi) is 8.12. The first-order valence-electron chi connectivity index (χ1n) is 5.48. The minimum absolute atomic E-state index is 0.439. The summed E-state index contributed by atoms with van der Waals surface area (Å²) < 4.78 is 0. The van der Waals surface area contributed by atoms with E-state index in [1.54, 1.807) is 7.06 Å². The molecule has 0 saturated carbocycles. The number of aliphatic imine (C=N–C) groups is 1. The second-order valence-electron chi connectivity index (χ2n) is 4.36. The third-order valence-electron chi connectivity index (χ3n) is 2.11. The maximum Gasteiger partial charge on any atom is 0.0545 e. The van der Waals surface area contributed by atoms with Crippen LogP contribution in [0.4, 0.5) is 0 Å². The van der Waals surface area contributed by atoms with Gasteiger partial charge in [0, 0.05) is 21.0 Å². The maximum absolute atomic E-state index is 5.29. The molecule has 0 fully saturated rings. The van der Waals surface area contributed by atoms with E-state index in [1.807, 2.05) is 7.17 Å². The van der Waals surface area contributed by atoms with E-state index in [2.05, 4.69) is 38.9 Å². The fraction of sp³-hybridized carbons (Fsp3) is 0.900. The summed E-state index contributed by atoms with van der Waals surface area (Å²) >= 11 is 0. The van der Waals surface area contributed by atoms with Crippen molar-refractivity contribution in [1.82, 2.24) is 0 Å². The summed E-state index contributed by atoms with van der Waals surface area (Å²) in [5.41, 5.74) is 0. The van der Waals surface area contributed by atoms with Crippen LogP contribution in [0.5, 0.6) is 0 Å². The molecule has 0 amide bonds.